The predicted molar refractivity (Wildman–Crippen MR) is 95.4 cm³/mol. The molecule has 0 fully saturated rings. The van der Waals surface area contributed by atoms with E-state index in [0.29, 0.717) is 6.54 Å². The molecule has 0 unspecified atom stereocenters. The molecular weight excluding hydrogens is 344 g/mol. The molecule has 9 heteroatoms. The number of nitrogens with one attached hydrogen (secondary N) is 2. The Balaban J connectivity index is 2.26. The van der Waals surface area contributed by atoms with E-state index < -0.39 is 23.9 Å². The Hall–Kier alpha value is -2.91. The van der Waals surface area contributed by atoms with Crippen molar-refractivity contribution in [3.63, 3.8) is 0 Å². The number of amides is 3. The lowest BCUT2D eigenvalue weighted by Crippen LogP contribution is -2.33. The molecule has 132 valence electrons. The van der Waals surface area contributed by atoms with Crippen LogP contribution in [0.15, 0.2) is 30.3 Å². The average Bonchev–Trinajstić information content (AvgIpc) is 2.96. The molecule has 0 aliphatic heterocycles. The van der Waals surface area contributed by atoms with Gasteiger partial charge in [-0.15, -0.1) is 11.3 Å². The van der Waals surface area contributed by atoms with Crippen LogP contribution in [0.2, 0.25) is 0 Å². The molecule has 0 bridgehead atoms. The summed E-state index contributed by atoms with van der Waals surface area (Å²) in [6.07, 6.45) is 0. The van der Waals surface area contributed by atoms with Crippen molar-refractivity contribution >= 4 is 34.2 Å². The van der Waals surface area contributed by atoms with Crippen LogP contribution in [0.1, 0.15) is 22.8 Å². The van der Waals surface area contributed by atoms with Gasteiger partial charge in [-0.3, -0.25) is 14.9 Å². The number of primary amides is 2. The number of carbonyl (C=O) groups is 3. The third kappa shape index (κ3) is 4.78. The monoisotopic (exact) mass is 362 g/mol. The molecule has 3 amide bonds. The normalized spacial score (nSPS) is 11.7. The van der Waals surface area contributed by atoms with Crippen LogP contribution in [0.25, 0.3) is 10.4 Å². The minimum Gasteiger partial charge on any atom is -0.480 e. The lowest BCUT2D eigenvalue weighted by atomic mass is 10.1. The number of hydrogen-bond donors (Lipinski definition) is 5. The van der Waals surface area contributed by atoms with E-state index in [-0.39, 0.29) is 10.6 Å². The first-order chi connectivity index (χ1) is 11.8. The molecule has 0 saturated carbocycles. The fraction of sp³-hybridized carbons (Fsp3) is 0.188. The smallest absolute Gasteiger partial charge is 0.320 e. The number of hydrogen-bond acceptors (Lipinski definition) is 5. The summed E-state index contributed by atoms with van der Waals surface area (Å²) in [7, 11) is 0. The molecule has 2 rings (SSSR count). The second-order valence-electron chi connectivity index (χ2n) is 5.35. The lowest BCUT2D eigenvalue weighted by Gasteiger charge is -2.09. The Bertz CT molecular complexity index is 818. The zero-order chi connectivity index (χ0) is 18.6. The first-order valence-electron chi connectivity index (χ1n) is 7.33. The Kier molecular flexibility index (Phi) is 5.73. The fourth-order valence-corrected chi connectivity index (χ4v) is 3.18. The zero-order valence-electron chi connectivity index (χ0n) is 13.4. The van der Waals surface area contributed by atoms with E-state index >= 15 is 0 Å². The van der Waals surface area contributed by atoms with Crippen LogP contribution in [0, 0.1) is 0 Å². The molecule has 1 aromatic carbocycles. The molecular formula is C16H18N4O4S. The number of thiophene rings is 1. The van der Waals surface area contributed by atoms with Gasteiger partial charge in [-0.05, 0) is 30.2 Å². The molecule has 0 aliphatic rings. The number of carbonyl (C=O) groups excluding carboxylic acids is 2. The molecule has 8 nitrogen and oxygen atoms in total. The van der Waals surface area contributed by atoms with Crippen LogP contribution in [0.4, 0.5) is 9.80 Å². The van der Waals surface area contributed by atoms with E-state index in [2.05, 4.69) is 10.6 Å². The number of aliphatic carboxylic acids is 1. The molecule has 1 atom stereocenters. The highest BCUT2D eigenvalue weighted by Gasteiger charge is 2.16. The third-order valence-corrected chi connectivity index (χ3v) is 4.53. The van der Waals surface area contributed by atoms with Crippen molar-refractivity contribution in [3.05, 3.63) is 41.5 Å². The van der Waals surface area contributed by atoms with Crippen molar-refractivity contribution in [3.8, 4) is 10.4 Å². The Morgan fingerprint density at radius 1 is 1.24 bits per heavy atom. The number of benzene rings is 1. The van der Waals surface area contributed by atoms with Gasteiger partial charge in [0.1, 0.15) is 11.0 Å². The molecule has 1 aromatic heterocycles. The maximum atomic E-state index is 11.5. The number of nitrogens with two attached hydrogens (primary N) is 2. The number of anilines is 1. The molecule has 0 aliphatic carbocycles. The van der Waals surface area contributed by atoms with Crippen LogP contribution < -0.4 is 22.1 Å². The van der Waals surface area contributed by atoms with Crippen molar-refractivity contribution in [1.29, 1.82) is 0 Å². The van der Waals surface area contributed by atoms with E-state index in [0.717, 1.165) is 16.0 Å². The second kappa shape index (κ2) is 7.77. The molecule has 0 saturated heterocycles. The summed E-state index contributed by atoms with van der Waals surface area (Å²) in [5.41, 5.74) is 12.3. The van der Waals surface area contributed by atoms with E-state index in [1.807, 2.05) is 24.3 Å². The Labute approximate surface area is 147 Å². The van der Waals surface area contributed by atoms with Crippen LogP contribution in [-0.4, -0.2) is 29.1 Å². The summed E-state index contributed by atoms with van der Waals surface area (Å²) in [6.45, 7) is 1.94. The molecule has 0 spiro atoms. The largest absolute Gasteiger partial charge is 0.480 e. The fourth-order valence-electron chi connectivity index (χ4n) is 2.11. The second-order valence-corrected chi connectivity index (χ2v) is 6.40. The van der Waals surface area contributed by atoms with Gasteiger partial charge in [0.2, 0.25) is 0 Å². The van der Waals surface area contributed by atoms with Gasteiger partial charge in [-0.25, -0.2) is 4.79 Å². The number of carboxylic acids is 1. The van der Waals surface area contributed by atoms with E-state index in [9.17, 15) is 14.4 Å². The van der Waals surface area contributed by atoms with Crippen LogP contribution in [-0.2, 0) is 11.3 Å². The quantitative estimate of drug-likeness (QED) is 0.507. The Morgan fingerprint density at radius 2 is 1.96 bits per heavy atom. The van der Waals surface area contributed by atoms with Gasteiger partial charge < -0.3 is 21.9 Å². The third-order valence-electron chi connectivity index (χ3n) is 3.43. The van der Waals surface area contributed by atoms with Gasteiger partial charge in [0.25, 0.3) is 5.91 Å². The minimum absolute atomic E-state index is 0.182. The topological polar surface area (TPSA) is 148 Å². The van der Waals surface area contributed by atoms with Crippen LogP contribution in [0.3, 0.4) is 0 Å². The highest BCUT2D eigenvalue weighted by Crippen LogP contribution is 2.35. The summed E-state index contributed by atoms with van der Waals surface area (Å²) in [5.74, 6) is -1.60. The van der Waals surface area contributed by atoms with Crippen molar-refractivity contribution in [2.75, 3.05) is 5.32 Å². The zero-order valence-corrected chi connectivity index (χ0v) is 14.2. The first-order valence-corrected chi connectivity index (χ1v) is 8.15. The summed E-state index contributed by atoms with van der Waals surface area (Å²) in [4.78, 5) is 34.2. The SMILES string of the molecule is C[C@H](NCc1cccc(-c2cc(C(N)=O)c(NC(N)=O)s2)c1)C(=O)O. The number of carboxylic acid groups (broad SMARTS) is 1. The Morgan fingerprint density at radius 3 is 2.56 bits per heavy atom. The molecule has 0 radical (unpaired) electrons. The van der Waals surface area contributed by atoms with E-state index in [4.69, 9.17) is 16.6 Å². The van der Waals surface area contributed by atoms with Gasteiger partial charge in [-0.1, -0.05) is 18.2 Å². The van der Waals surface area contributed by atoms with Gasteiger partial charge >= 0.3 is 12.0 Å². The van der Waals surface area contributed by atoms with Crippen molar-refractivity contribution in [2.45, 2.75) is 19.5 Å². The van der Waals surface area contributed by atoms with Gasteiger partial charge in [0.05, 0.1) is 5.56 Å². The van der Waals surface area contributed by atoms with Crippen molar-refractivity contribution in [2.24, 2.45) is 11.5 Å². The van der Waals surface area contributed by atoms with Gasteiger partial charge in [0.15, 0.2) is 0 Å². The lowest BCUT2D eigenvalue weighted by molar-refractivity contribution is -0.139. The number of rotatable bonds is 7. The van der Waals surface area contributed by atoms with Crippen LogP contribution >= 0.6 is 11.3 Å². The average molecular weight is 362 g/mol. The summed E-state index contributed by atoms with van der Waals surface area (Å²) in [6, 6.07) is 7.53. The summed E-state index contributed by atoms with van der Waals surface area (Å²) < 4.78 is 0. The van der Waals surface area contributed by atoms with Crippen molar-refractivity contribution in [1.82, 2.24) is 5.32 Å². The standard InChI is InChI=1S/C16H18N4O4S/c1-8(15(22)23)19-7-9-3-2-4-10(5-9)12-6-11(13(17)21)14(25-12)20-16(18)24/h2-6,8,19H,7H2,1H3,(H2,17,21)(H,22,23)(H3,18,20,24)/t8-/m0/s1. The summed E-state index contributed by atoms with van der Waals surface area (Å²) >= 11 is 1.18. The van der Waals surface area contributed by atoms with E-state index in [1.165, 1.54) is 11.3 Å². The molecule has 1 heterocycles. The highest BCUT2D eigenvalue weighted by molar-refractivity contribution is 7.20. The maximum Gasteiger partial charge on any atom is 0.320 e. The minimum atomic E-state index is -0.928. The van der Waals surface area contributed by atoms with Crippen molar-refractivity contribution < 1.29 is 19.5 Å². The molecule has 2 aromatic rings. The predicted octanol–water partition coefficient (Wildman–Crippen LogP) is 1.57. The van der Waals surface area contributed by atoms with Crippen LogP contribution in [0.5, 0.6) is 0 Å². The maximum absolute atomic E-state index is 11.5. The first kappa shape index (κ1) is 18.4. The molecule has 25 heavy (non-hydrogen) atoms. The van der Waals surface area contributed by atoms with E-state index in [1.54, 1.807) is 13.0 Å². The molecule has 7 N–H and O–H groups in total. The highest BCUT2D eigenvalue weighted by atomic mass is 32.1. The van der Waals surface area contributed by atoms with Gasteiger partial charge in [0, 0.05) is 11.4 Å². The number of urea groups is 1. The van der Waals surface area contributed by atoms with Gasteiger partial charge in [-0.2, -0.15) is 0 Å². The summed E-state index contributed by atoms with van der Waals surface area (Å²) in [5, 5.41) is 14.5.